The van der Waals surface area contributed by atoms with E-state index in [0.29, 0.717) is 44.1 Å². The monoisotopic (exact) mass is 930 g/mol. The van der Waals surface area contributed by atoms with Crippen LogP contribution in [0.2, 0.25) is 0 Å². The molecule has 0 unspecified atom stereocenters. The number of carbonyl (C=O) groups is 6. The van der Waals surface area contributed by atoms with Crippen LogP contribution in [-0.2, 0) is 31.4 Å². The number of amides is 5. The van der Waals surface area contributed by atoms with Gasteiger partial charge in [-0.05, 0) is 115 Å². The highest BCUT2D eigenvalue weighted by Gasteiger charge is 2.44. The fourth-order valence-corrected chi connectivity index (χ4v) is 5.91. The number of piperidine rings is 2. The Bertz CT molecular complexity index is 1990. The molecule has 63 heavy (non-hydrogen) atoms. The number of nitrogens with two attached hydrogens (primary N) is 3. The van der Waals surface area contributed by atoms with Gasteiger partial charge in [0.15, 0.2) is 5.75 Å². The lowest BCUT2D eigenvalue weighted by atomic mass is 9.86. The minimum absolute atomic E-state index is 0.00437. The molecule has 0 aromatic heterocycles. The van der Waals surface area contributed by atoms with E-state index < -0.39 is 86.3 Å². The van der Waals surface area contributed by atoms with Gasteiger partial charge in [0.05, 0.1) is 18.2 Å². The number of carbonyl (C=O) groups excluding carboxylic acids is 6. The van der Waals surface area contributed by atoms with Crippen molar-refractivity contribution in [3.05, 3.63) is 58.7 Å². The van der Waals surface area contributed by atoms with Gasteiger partial charge in [-0.2, -0.15) is 26.3 Å². The summed E-state index contributed by atoms with van der Waals surface area (Å²) in [5.74, 6) is -3.68. The van der Waals surface area contributed by atoms with Crippen LogP contribution in [0.3, 0.4) is 0 Å². The standard InChI is InChI=1S/C20H26F3N3O5.C11H21N3O3.C8H3ClF4O2/c1-18(2,3)31-17(29)26-9-7-19(8-10-26,16(24)28)25-15(27)12-5-6-14(30-4)13(11-12)20(21,22)23;1-10(2,3)17-9(16)14-6-4-11(13,5-7-14)8(12)15;9-7(14)4-1-2-6(15-13)5(3-4)8(10,11)12/h5-6,11H,7-10H2,1-4H3,(H2,24,28)(H,25,27);4-7,13H2,1-3H3,(H2,12,15);1-3H. The second-order valence-corrected chi connectivity index (χ2v) is 16.7. The number of nitrogens with zero attached hydrogens (tertiary/aromatic N) is 2. The zero-order chi connectivity index (χ0) is 48.5. The summed E-state index contributed by atoms with van der Waals surface area (Å²) in [5.41, 5.74) is 9.67. The maximum absolute atomic E-state index is 13.2. The number of hydrogen-bond acceptors (Lipinski definition) is 11. The number of benzene rings is 2. The minimum Gasteiger partial charge on any atom is -0.496 e. The molecule has 352 valence electrons. The summed E-state index contributed by atoms with van der Waals surface area (Å²) in [4.78, 5) is 76.5. The molecule has 2 aliphatic heterocycles. The molecule has 16 nitrogen and oxygen atoms in total. The Balaban J connectivity index is 0.000000359. The third-order valence-electron chi connectivity index (χ3n) is 9.25. The van der Waals surface area contributed by atoms with E-state index in [0.717, 1.165) is 25.3 Å². The first-order valence-electron chi connectivity index (χ1n) is 18.8. The normalized spacial score (nSPS) is 16.1. The van der Waals surface area contributed by atoms with Crippen molar-refractivity contribution in [3.63, 3.8) is 0 Å². The van der Waals surface area contributed by atoms with Crippen molar-refractivity contribution in [1.29, 1.82) is 0 Å². The number of methoxy groups -OCH3 is 1. The minimum atomic E-state index is -4.82. The number of rotatable bonds is 7. The van der Waals surface area contributed by atoms with Crippen molar-refractivity contribution in [2.24, 2.45) is 17.2 Å². The number of primary amides is 2. The summed E-state index contributed by atoms with van der Waals surface area (Å²) in [5, 5.41) is 1.41. The van der Waals surface area contributed by atoms with Gasteiger partial charge in [0.25, 0.3) is 11.1 Å². The molecule has 2 aromatic rings. The Kier molecular flexibility index (Phi) is 17.6. The van der Waals surface area contributed by atoms with E-state index in [1.807, 2.05) is 20.8 Å². The van der Waals surface area contributed by atoms with Gasteiger partial charge < -0.3 is 46.5 Å². The fraction of sp³-hybridized carbons (Fsp3) is 0.538. The van der Waals surface area contributed by atoms with Crippen LogP contribution in [0.1, 0.15) is 99.1 Å². The molecule has 2 aliphatic rings. The lowest BCUT2D eigenvalue weighted by Gasteiger charge is -2.40. The van der Waals surface area contributed by atoms with Gasteiger partial charge in [-0.1, -0.05) is 0 Å². The smallest absolute Gasteiger partial charge is 0.420 e. The lowest BCUT2D eigenvalue weighted by Crippen LogP contribution is -2.63. The molecule has 2 saturated heterocycles. The predicted molar refractivity (Wildman–Crippen MR) is 211 cm³/mol. The topological polar surface area (TPSA) is 236 Å². The van der Waals surface area contributed by atoms with Crippen LogP contribution in [0.4, 0.5) is 40.5 Å². The molecule has 7 N–H and O–H groups in total. The molecule has 0 aliphatic carbocycles. The Hall–Kier alpha value is -5.58. The molecule has 0 spiro atoms. The van der Waals surface area contributed by atoms with Crippen LogP contribution in [-0.4, -0.2) is 101 Å². The number of nitrogens with one attached hydrogen (secondary N) is 1. The number of hydrogen-bond donors (Lipinski definition) is 4. The molecule has 0 bridgehead atoms. The molecule has 0 saturated carbocycles. The lowest BCUT2D eigenvalue weighted by molar-refractivity contribution is -0.142. The molecule has 2 fully saturated rings. The number of alkyl halides is 6. The first kappa shape index (κ1) is 53.6. The van der Waals surface area contributed by atoms with Crippen molar-refractivity contribution in [2.75, 3.05) is 33.3 Å². The average Bonchev–Trinajstić information content (AvgIpc) is 3.16. The van der Waals surface area contributed by atoms with Gasteiger partial charge in [-0.25, -0.2) is 9.59 Å². The quantitative estimate of drug-likeness (QED) is 0.179. The van der Waals surface area contributed by atoms with Crippen molar-refractivity contribution < 1.29 is 78.8 Å². The molecular weight excluding hydrogens is 881 g/mol. The molecule has 24 heteroatoms. The van der Waals surface area contributed by atoms with Gasteiger partial charge in [-0.3, -0.25) is 24.1 Å². The van der Waals surface area contributed by atoms with Gasteiger partial charge in [-0.15, -0.1) is 0 Å². The van der Waals surface area contributed by atoms with Crippen LogP contribution in [0.5, 0.6) is 11.5 Å². The number of ether oxygens (including phenoxy) is 3. The predicted octanol–water partition coefficient (Wildman–Crippen LogP) is 6.25. The van der Waals surface area contributed by atoms with E-state index in [1.165, 1.54) is 4.90 Å². The maximum Gasteiger partial charge on any atom is 0.420 e. The van der Waals surface area contributed by atoms with Gasteiger partial charge in [0.2, 0.25) is 11.8 Å². The molecule has 2 heterocycles. The summed E-state index contributed by atoms with van der Waals surface area (Å²) in [6.07, 6.45) is -9.74. The second-order valence-electron chi connectivity index (χ2n) is 16.3. The van der Waals surface area contributed by atoms with Crippen molar-refractivity contribution >= 4 is 46.8 Å². The van der Waals surface area contributed by atoms with E-state index in [4.69, 9.17) is 43.0 Å². The van der Waals surface area contributed by atoms with Crippen LogP contribution >= 0.6 is 11.6 Å². The van der Waals surface area contributed by atoms with E-state index in [9.17, 15) is 59.6 Å². The Morgan fingerprint density at radius 1 is 0.667 bits per heavy atom. The highest BCUT2D eigenvalue weighted by Crippen LogP contribution is 2.38. The third-order valence-corrected chi connectivity index (χ3v) is 9.47. The molecule has 0 atom stereocenters. The Morgan fingerprint density at radius 2 is 1.06 bits per heavy atom. The van der Waals surface area contributed by atoms with E-state index in [1.54, 1.807) is 25.7 Å². The van der Waals surface area contributed by atoms with Crippen molar-refractivity contribution in [1.82, 2.24) is 15.1 Å². The molecular formula is C39H50ClF7N6O10. The van der Waals surface area contributed by atoms with Crippen molar-refractivity contribution in [2.45, 2.75) is 102 Å². The van der Waals surface area contributed by atoms with Gasteiger partial charge in [0.1, 0.15) is 28.1 Å². The summed E-state index contributed by atoms with van der Waals surface area (Å²) in [6.45, 7) is 11.5. The highest BCUT2D eigenvalue weighted by atomic mass is 35.5. The first-order valence-corrected chi connectivity index (χ1v) is 19.2. The molecule has 2 aromatic carbocycles. The van der Waals surface area contributed by atoms with Crippen LogP contribution < -0.4 is 32.2 Å². The summed E-state index contributed by atoms with van der Waals surface area (Å²) in [7, 11) is 1.09. The largest absolute Gasteiger partial charge is 0.496 e. The molecule has 4 rings (SSSR count). The zero-order valence-electron chi connectivity index (χ0n) is 35.4. The SMILES string of the molecule is CC(C)(C)OC(=O)N1CCC(N)(C(N)=O)CC1.COc1ccc(C(=O)NC2(C(N)=O)CCN(C(=O)OC(C)(C)C)CC2)cc1C(F)(F)F.O=C(Cl)c1ccc(OF)c(C(F)(F)F)c1. The summed E-state index contributed by atoms with van der Waals surface area (Å²) < 4.78 is 104. The van der Waals surface area contributed by atoms with E-state index in [2.05, 4.69) is 10.3 Å². The first-order chi connectivity index (χ1) is 28.7. The van der Waals surface area contributed by atoms with E-state index in [-0.39, 0.29) is 43.2 Å². The number of halogens is 8. The second kappa shape index (κ2) is 20.7. The van der Waals surface area contributed by atoms with Crippen LogP contribution in [0, 0.1) is 0 Å². The zero-order valence-corrected chi connectivity index (χ0v) is 36.1. The average molecular weight is 931 g/mol. The summed E-state index contributed by atoms with van der Waals surface area (Å²) in [6, 6.07) is 4.87. The molecule has 5 amide bonds. The van der Waals surface area contributed by atoms with Crippen LogP contribution in [0.15, 0.2) is 36.4 Å². The maximum atomic E-state index is 13.2. The summed E-state index contributed by atoms with van der Waals surface area (Å²) >= 11 is 4.98. The Labute approximate surface area is 362 Å². The highest BCUT2D eigenvalue weighted by molar-refractivity contribution is 6.67. The van der Waals surface area contributed by atoms with Gasteiger partial charge >= 0.3 is 24.5 Å². The van der Waals surface area contributed by atoms with Crippen LogP contribution in [0.25, 0.3) is 0 Å². The van der Waals surface area contributed by atoms with Gasteiger partial charge in [0, 0.05) is 41.8 Å². The number of likely N-dealkylation sites (tertiary alicyclic amines) is 2. The Morgan fingerprint density at radius 3 is 1.43 bits per heavy atom. The third kappa shape index (κ3) is 15.6. The van der Waals surface area contributed by atoms with E-state index >= 15 is 0 Å². The van der Waals surface area contributed by atoms with Crippen molar-refractivity contribution in [3.8, 4) is 11.5 Å². The molecule has 0 radical (unpaired) electrons. The fourth-order valence-electron chi connectivity index (χ4n) is 5.79.